The number of fused-ring (bicyclic) bond motifs is 2. The van der Waals surface area contributed by atoms with E-state index >= 15 is 0 Å². The molecule has 0 amide bonds. The van der Waals surface area contributed by atoms with Crippen molar-refractivity contribution in [1.82, 2.24) is 9.55 Å². The number of carbonyl (C=O) groups is 1. The predicted octanol–water partition coefficient (Wildman–Crippen LogP) is 1.58. The van der Waals surface area contributed by atoms with Gasteiger partial charge in [-0.3, -0.25) is 4.57 Å². The summed E-state index contributed by atoms with van der Waals surface area (Å²) in [6.45, 7) is 4.28. The number of hydrogen-bond donors (Lipinski definition) is 0. The molecule has 3 aromatic carbocycles. The maximum Gasteiger partial charge on any atom is 1.00 e. The third kappa shape index (κ3) is 4.80. The Morgan fingerprint density at radius 2 is 1.97 bits per heavy atom. The van der Waals surface area contributed by atoms with Gasteiger partial charge in [-0.25, -0.2) is 13.8 Å². The summed E-state index contributed by atoms with van der Waals surface area (Å²) in [5.41, 5.74) is 5.44. The third-order valence-corrected chi connectivity index (χ3v) is 6.81. The van der Waals surface area contributed by atoms with Crippen molar-refractivity contribution in [2.75, 3.05) is 6.61 Å². The van der Waals surface area contributed by atoms with E-state index in [0.717, 1.165) is 52.6 Å². The van der Waals surface area contributed by atoms with Crippen molar-refractivity contribution in [1.29, 1.82) is 0 Å². The number of hydrogen-bond acceptors (Lipinski definition) is 4. The van der Waals surface area contributed by atoms with Crippen molar-refractivity contribution in [2.45, 2.75) is 45.4 Å². The van der Waals surface area contributed by atoms with Crippen LogP contribution >= 0.6 is 0 Å². The van der Waals surface area contributed by atoms with E-state index in [0.29, 0.717) is 24.4 Å². The van der Waals surface area contributed by atoms with Crippen LogP contribution in [0.3, 0.4) is 0 Å². The zero-order valence-electron chi connectivity index (χ0n) is 20.6. The molecule has 1 atom stereocenters. The Hall–Kier alpha value is -2.74. The summed E-state index contributed by atoms with van der Waals surface area (Å²) in [4.78, 5) is 15.5. The van der Waals surface area contributed by atoms with E-state index in [9.17, 15) is 18.7 Å². The number of carboxylic acids is 1. The van der Waals surface area contributed by atoms with Gasteiger partial charge in [0.25, 0.3) is 0 Å². The molecule has 4 aromatic rings. The molecule has 1 aromatic heterocycles. The quantitative estimate of drug-likeness (QED) is 0.363. The molecule has 0 spiro atoms. The number of rotatable bonds is 7. The Kier molecular flexibility index (Phi) is 7.83. The topological polar surface area (TPSA) is 67.2 Å². The van der Waals surface area contributed by atoms with Crippen LogP contribution in [0.5, 0.6) is 5.75 Å². The van der Waals surface area contributed by atoms with Gasteiger partial charge in [-0.2, -0.15) is 0 Å². The molecule has 2 heterocycles. The van der Waals surface area contributed by atoms with Crippen molar-refractivity contribution in [3.05, 3.63) is 88.2 Å². The third-order valence-electron chi connectivity index (χ3n) is 6.81. The Morgan fingerprint density at radius 1 is 1.17 bits per heavy atom. The van der Waals surface area contributed by atoms with E-state index in [1.165, 1.54) is 6.07 Å². The van der Waals surface area contributed by atoms with E-state index < -0.39 is 17.6 Å². The van der Waals surface area contributed by atoms with Crippen LogP contribution in [-0.2, 0) is 24.1 Å². The van der Waals surface area contributed by atoms with E-state index in [4.69, 9.17) is 4.74 Å². The number of aryl methyl sites for hydroxylation is 3. The average molecular weight is 499 g/mol. The Morgan fingerprint density at radius 3 is 2.72 bits per heavy atom. The van der Waals surface area contributed by atoms with Crippen LogP contribution in [0.2, 0.25) is 0 Å². The van der Waals surface area contributed by atoms with Crippen LogP contribution in [0.1, 0.15) is 47.3 Å². The molecule has 0 N–H and O–H groups in total. The van der Waals surface area contributed by atoms with Gasteiger partial charge in [0.1, 0.15) is 17.1 Å². The van der Waals surface area contributed by atoms with Gasteiger partial charge in [0.05, 0.1) is 17.8 Å². The molecular weight excluding hydrogens is 473 g/mol. The van der Waals surface area contributed by atoms with Crippen LogP contribution in [0.15, 0.2) is 48.5 Å². The first-order valence-electron chi connectivity index (χ1n) is 11.8. The molecule has 5 rings (SSSR count). The van der Waals surface area contributed by atoms with Crippen molar-refractivity contribution in [2.24, 2.45) is 0 Å². The fraction of sp³-hybridized carbons (Fsp3) is 0.286. The monoisotopic (exact) mass is 498 g/mol. The van der Waals surface area contributed by atoms with Gasteiger partial charge in [0, 0.05) is 23.9 Å². The smallest absolute Gasteiger partial charge is 0.550 e. The fourth-order valence-corrected chi connectivity index (χ4v) is 4.96. The minimum atomic E-state index is -1.08. The van der Waals surface area contributed by atoms with Crippen LogP contribution in [0, 0.1) is 18.6 Å². The van der Waals surface area contributed by atoms with Crippen molar-refractivity contribution in [3.63, 3.8) is 0 Å². The summed E-state index contributed by atoms with van der Waals surface area (Å²) in [5.74, 6) is -1.64. The number of ether oxygens (including phenoxy) is 1. The first-order valence-corrected chi connectivity index (χ1v) is 11.8. The summed E-state index contributed by atoms with van der Waals surface area (Å²) in [5, 5.41) is 11.0. The van der Waals surface area contributed by atoms with Crippen molar-refractivity contribution >= 4 is 17.0 Å². The minimum Gasteiger partial charge on any atom is -0.550 e. The second kappa shape index (κ2) is 10.7. The standard InChI is InChI=1S/C28H26F2N2O3.Na/c1-3-25-31-22-12-11-21(29)27(30)28(22)32(25)23-6-4-5-18(16(23)2)9-7-17-8-10-20-19(14-26(33)34)15-35-24(20)13-17;/h4-6,8,10-13,19H,3,7,9,14-15H2,1-2H3,(H,33,34);/q;+1/p-1/t19-;/m1./s1. The average Bonchev–Trinajstić information content (AvgIpc) is 3.41. The van der Waals surface area contributed by atoms with Gasteiger partial charge in [-0.1, -0.05) is 31.2 Å². The minimum absolute atomic E-state index is 0. The molecule has 8 heteroatoms. The molecule has 0 unspecified atom stereocenters. The van der Waals surface area contributed by atoms with Gasteiger partial charge in [0.2, 0.25) is 0 Å². The van der Waals surface area contributed by atoms with Gasteiger partial charge >= 0.3 is 29.6 Å². The number of imidazole rings is 1. The van der Waals surface area contributed by atoms with Crippen molar-refractivity contribution < 1.29 is 53.0 Å². The summed E-state index contributed by atoms with van der Waals surface area (Å²) in [7, 11) is 0. The Labute approximate surface area is 230 Å². The maximum absolute atomic E-state index is 14.8. The van der Waals surface area contributed by atoms with E-state index in [-0.39, 0.29) is 47.4 Å². The fourth-order valence-electron chi connectivity index (χ4n) is 4.96. The van der Waals surface area contributed by atoms with E-state index in [2.05, 4.69) is 4.98 Å². The van der Waals surface area contributed by atoms with Crippen LogP contribution < -0.4 is 39.4 Å². The van der Waals surface area contributed by atoms with E-state index in [1.54, 1.807) is 4.57 Å². The maximum atomic E-state index is 14.8. The predicted molar refractivity (Wildman–Crippen MR) is 127 cm³/mol. The number of nitrogens with zero attached hydrogens (tertiary/aromatic N) is 2. The molecule has 0 saturated heterocycles. The zero-order valence-corrected chi connectivity index (χ0v) is 22.6. The SMILES string of the molecule is CCc1nc2ccc(F)c(F)c2n1-c1cccc(CCc2ccc3c(c2)OC[C@H]3CC(=O)[O-])c1C.[Na+]. The molecule has 180 valence electrons. The number of aromatic nitrogens is 2. The molecule has 0 fully saturated rings. The van der Waals surface area contributed by atoms with Gasteiger partial charge in [-0.15, -0.1) is 0 Å². The number of halogens is 2. The van der Waals surface area contributed by atoms with Crippen LogP contribution in [-0.4, -0.2) is 22.1 Å². The summed E-state index contributed by atoms with van der Waals surface area (Å²) in [6.07, 6.45) is 2.02. The molecule has 1 aliphatic rings. The molecule has 0 radical (unpaired) electrons. The largest absolute Gasteiger partial charge is 1.00 e. The Bertz CT molecular complexity index is 1450. The Balaban J connectivity index is 0.00000304. The molecule has 0 saturated carbocycles. The van der Waals surface area contributed by atoms with Crippen LogP contribution in [0.4, 0.5) is 8.78 Å². The second-order valence-corrected chi connectivity index (χ2v) is 8.96. The first kappa shape index (κ1) is 26.3. The molecule has 5 nitrogen and oxygen atoms in total. The van der Waals surface area contributed by atoms with Gasteiger partial charge in [-0.05, 0) is 67.1 Å². The van der Waals surface area contributed by atoms with Crippen molar-refractivity contribution in [3.8, 4) is 11.4 Å². The normalized spacial score (nSPS) is 14.4. The molecule has 1 aliphatic heterocycles. The van der Waals surface area contributed by atoms with Gasteiger partial charge in [0.15, 0.2) is 11.6 Å². The van der Waals surface area contributed by atoms with Crippen LogP contribution in [0.25, 0.3) is 16.7 Å². The zero-order chi connectivity index (χ0) is 24.7. The summed E-state index contributed by atoms with van der Waals surface area (Å²) < 4.78 is 36.3. The number of benzene rings is 3. The molecule has 0 bridgehead atoms. The number of carboxylic acid groups (broad SMARTS) is 1. The molecule has 36 heavy (non-hydrogen) atoms. The van der Waals surface area contributed by atoms with E-state index in [1.807, 2.05) is 50.2 Å². The second-order valence-electron chi connectivity index (χ2n) is 8.96. The molecular formula is C28H25F2N2NaO3. The summed E-state index contributed by atoms with van der Waals surface area (Å²) >= 11 is 0. The number of aliphatic carboxylic acids is 1. The molecule has 0 aliphatic carbocycles. The number of carbonyl (C=O) groups excluding carboxylic acids is 1. The van der Waals surface area contributed by atoms with Gasteiger partial charge < -0.3 is 14.6 Å². The summed E-state index contributed by atoms with van der Waals surface area (Å²) in [6, 6.07) is 14.4. The first-order chi connectivity index (χ1) is 16.9.